The van der Waals surface area contributed by atoms with Crippen LogP contribution in [0.15, 0.2) is 11.6 Å². The third kappa shape index (κ3) is 3.98. The molecule has 0 radical (unpaired) electrons. The van der Waals surface area contributed by atoms with E-state index in [0.717, 1.165) is 19.3 Å². The lowest BCUT2D eigenvalue weighted by Gasteiger charge is -2.36. The predicted molar refractivity (Wildman–Crippen MR) is 65.8 cm³/mol. The van der Waals surface area contributed by atoms with Crippen LogP contribution in [0, 0.1) is 10.8 Å². The zero-order valence-corrected chi connectivity index (χ0v) is 10.9. The van der Waals surface area contributed by atoms with Crippen LogP contribution in [0.2, 0.25) is 0 Å². The molecule has 1 aliphatic rings. The van der Waals surface area contributed by atoms with Crippen molar-refractivity contribution in [3.05, 3.63) is 11.6 Å². The summed E-state index contributed by atoms with van der Waals surface area (Å²) in [5, 5.41) is 9.48. The molecule has 0 amide bonds. The summed E-state index contributed by atoms with van der Waals surface area (Å²) in [5.41, 5.74) is 2.21. The van der Waals surface area contributed by atoms with Gasteiger partial charge < -0.3 is 5.11 Å². The normalized spacial score (nSPS) is 23.9. The number of hydrogen-bond donors (Lipinski definition) is 1. The Morgan fingerprint density at radius 1 is 1.27 bits per heavy atom. The van der Waals surface area contributed by atoms with Crippen molar-refractivity contribution in [2.45, 2.75) is 66.4 Å². The van der Waals surface area contributed by atoms with E-state index < -0.39 is 0 Å². The van der Waals surface area contributed by atoms with Crippen molar-refractivity contribution >= 4 is 0 Å². The average Bonchev–Trinajstić information content (AvgIpc) is 2.00. The molecule has 0 saturated carbocycles. The first-order valence-corrected chi connectivity index (χ1v) is 6.08. The molecule has 1 rings (SSSR count). The highest BCUT2D eigenvalue weighted by Crippen LogP contribution is 2.42. The van der Waals surface area contributed by atoms with E-state index in [1.807, 2.05) is 0 Å². The van der Waals surface area contributed by atoms with Gasteiger partial charge in [0.2, 0.25) is 0 Å². The fraction of sp³-hybridized carbons (Fsp3) is 0.857. The lowest BCUT2D eigenvalue weighted by Crippen LogP contribution is -2.25. The van der Waals surface area contributed by atoms with Gasteiger partial charge in [-0.15, -0.1) is 0 Å². The van der Waals surface area contributed by atoms with Crippen LogP contribution in [-0.4, -0.2) is 11.2 Å². The van der Waals surface area contributed by atoms with Crippen molar-refractivity contribution in [1.29, 1.82) is 0 Å². The van der Waals surface area contributed by atoms with E-state index in [9.17, 15) is 5.11 Å². The maximum atomic E-state index is 9.48. The Labute approximate surface area is 94.6 Å². The highest BCUT2D eigenvalue weighted by Gasteiger charge is 2.30. The second-order valence-electron chi connectivity index (χ2n) is 6.78. The lowest BCUT2D eigenvalue weighted by atomic mass is 9.69. The molecule has 0 aromatic heterocycles. The highest BCUT2D eigenvalue weighted by molar-refractivity contribution is 5.16. The van der Waals surface area contributed by atoms with Gasteiger partial charge in [0.1, 0.15) is 0 Å². The number of aliphatic hydroxyl groups is 1. The molecule has 88 valence electrons. The third-order valence-electron chi connectivity index (χ3n) is 3.22. The molecule has 1 aliphatic carbocycles. The zero-order valence-electron chi connectivity index (χ0n) is 10.9. The van der Waals surface area contributed by atoms with Crippen molar-refractivity contribution in [3.63, 3.8) is 0 Å². The molecule has 0 bridgehead atoms. The average molecular weight is 210 g/mol. The van der Waals surface area contributed by atoms with Crippen molar-refractivity contribution in [2.24, 2.45) is 10.8 Å². The molecular weight excluding hydrogens is 184 g/mol. The van der Waals surface area contributed by atoms with E-state index in [1.165, 1.54) is 6.42 Å². The van der Waals surface area contributed by atoms with Crippen LogP contribution in [0.4, 0.5) is 0 Å². The van der Waals surface area contributed by atoms with E-state index >= 15 is 0 Å². The summed E-state index contributed by atoms with van der Waals surface area (Å²) in [5.74, 6) is 0. The van der Waals surface area contributed by atoms with Crippen LogP contribution >= 0.6 is 0 Å². The Balaban J connectivity index is 2.69. The molecule has 1 unspecified atom stereocenters. The first kappa shape index (κ1) is 12.8. The molecular formula is C14H26O. The van der Waals surface area contributed by atoms with Crippen LogP contribution in [0.3, 0.4) is 0 Å². The Bertz CT molecular complexity index is 243. The number of aliphatic hydroxyl groups excluding tert-OH is 1. The van der Waals surface area contributed by atoms with Crippen LogP contribution in [0.5, 0.6) is 0 Å². The van der Waals surface area contributed by atoms with Gasteiger partial charge in [0.05, 0.1) is 6.10 Å². The van der Waals surface area contributed by atoms with Gasteiger partial charge in [0.15, 0.2) is 0 Å². The minimum Gasteiger partial charge on any atom is -0.393 e. The van der Waals surface area contributed by atoms with Gasteiger partial charge in [-0.1, -0.05) is 46.3 Å². The Hall–Kier alpha value is -0.300. The van der Waals surface area contributed by atoms with Crippen molar-refractivity contribution in [2.75, 3.05) is 0 Å². The monoisotopic (exact) mass is 210 g/mol. The quantitative estimate of drug-likeness (QED) is 0.685. The van der Waals surface area contributed by atoms with Gasteiger partial charge in [-0.3, -0.25) is 0 Å². The van der Waals surface area contributed by atoms with Gasteiger partial charge in [-0.2, -0.15) is 0 Å². The first-order chi connectivity index (χ1) is 6.71. The summed E-state index contributed by atoms with van der Waals surface area (Å²) in [6.07, 6.45) is 6.24. The summed E-state index contributed by atoms with van der Waals surface area (Å²) in [6.45, 7) is 11.6. The number of rotatable bonds is 2. The largest absolute Gasteiger partial charge is 0.393 e. The lowest BCUT2D eigenvalue weighted by molar-refractivity contribution is 0.153. The number of allylic oxidation sites excluding steroid dienone is 1. The Morgan fingerprint density at radius 3 is 2.27 bits per heavy atom. The second-order valence-corrected chi connectivity index (χ2v) is 6.78. The van der Waals surface area contributed by atoms with E-state index in [2.05, 4.69) is 40.7 Å². The van der Waals surface area contributed by atoms with E-state index in [-0.39, 0.29) is 6.10 Å². The molecule has 0 spiro atoms. The SMILES string of the molecule is CC(C)(C)CC(C)(C)C1=CCC(O)CC1. The van der Waals surface area contributed by atoms with Gasteiger partial charge in [-0.25, -0.2) is 0 Å². The standard InChI is InChI=1S/C14H26O/c1-13(2,3)10-14(4,5)11-6-8-12(15)9-7-11/h6,12,15H,7-10H2,1-5H3. The van der Waals surface area contributed by atoms with Crippen molar-refractivity contribution in [1.82, 2.24) is 0 Å². The molecule has 1 nitrogen and oxygen atoms in total. The molecule has 0 aromatic carbocycles. The van der Waals surface area contributed by atoms with E-state index in [1.54, 1.807) is 5.57 Å². The highest BCUT2D eigenvalue weighted by atomic mass is 16.3. The van der Waals surface area contributed by atoms with Crippen LogP contribution in [0.25, 0.3) is 0 Å². The fourth-order valence-corrected chi connectivity index (χ4v) is 2.87. The summed E-state index contributed by atoms with van der Waals surface area (Å²) < 4.78 is 0. The smallest absolute Gasteiger partial charge is 0.0577 e. The molecule has 1 atom stereocenters. The van der Waals surface area contributed by atoms with Crippen molar-refractivity contribution < 1.29 is 5.11 Å². The molecule has 0 saturated heterocycles. The van der Waals surface area contributed by atoms with Gasteiger partial charge in [0.25, 0.3) is 0 Å². The second kappa shape index (κ2) is 4.29. The van der Waals surface area contributed by atoms with E-state index in [4.69, 9.17) is 0 Å². The van der Waals surface area contributed by atoms with Gasteiger partial charge in [-0.05, 0) is 36.5 Å². The maximum absolute atomic E-state index is 9.48. The summed E-state index contributed by atoms with van der Waals surface area (Å²) in [7, 11) is 0. The Morgan fingerprint density at radius 2 is 1.87 bits per heavy atom. The van der Waals surface area contributed by atoms with Crippen LogP contribution in [-0.2, 0) is 0 Å². The third-order valence-corrected chi connectivity index (χ3v) is 3.22. The summed E-state index contributed by atoms with van der Waals surface area (Å²) >= 11 is 0. The molecule has 1 N–H and O–H groups in total. The zero-order chi connectivity index (χ0) is 11.7. The van der Waals surface area contributed by atoms with Crippen molar-refractivity contribution in [3.8, 4) is 0 Å². The van der Waals surface area contributed by atoms with E-state index in [0.29, 0.717) is 10.8 Å². The molecule has 0 aromatic rings. The summed E-state index contributed by atoms with van der Waals surface area (Å²) in [4.78, 5) is 0. The van der Waals surface area contributed by atoms with Gasteiger partial charge >= 0.3 is 0 Å². The van der Waals surface area contributed by atoms with Gasteiger partial charge in [0, 0.05) is 0 Å². The fourth-order valence-electron chi connectivity index (χ4n) is 2.87. The minimum absolute atomic E-state index is 0.0980. The topological polar surface area (TPSA) is 20.2 Å². The predicted octanol–water partition coefficient (Wildman–Crippen LogP) is 3.92. The molecule has 1 heteroatoms. The summed E-state index contributed by atoms with van der Waals surface area (Å²) in [6, 6.07) is 0. The minimum atomic E-state index is -0.0980. The Kier molecular flexibility index (Phi) is 3.65. The molecule has 0 heterocycles. The first-order valence-electron chi connectivity index (χ1n) is 6.08. The number of hydrogen-bond acceptors (Lipinski definition) is 1. The molecule has 15 heavy (non-hydrogen) atoms. The molecule has 0 fully saturated rings. The van der Waals surface area contributed by atoms with Crippen LogP contribution < -0.4 is 0 Å². The maximum Gasteiger partial charge on any atom is 0.0577 e. The molecule has 0 aliphatic heterocycles. The van der Waals surface area contributed by atoms with Crippen LogP contribution in [0.1, 0.15) is 60.3 Å².